The van der Waals surface area contributed by atoms with Crippen LogP contribution in [0, 0.1) is 0 Å². The van der Waals surface area contributed by atoms with Crippen LogP contribution in [0.3, 0.4) is 0 Å². The van der Waals surface area contributed by atoms with Gasteiger partial charge in [0, 0.05) is 48.4 Å². The molecule has 2 aliphatic rings. The number of hydrogen-bond acceptors (Lipinski definition) is 3. The second kappa shape index (κ2) is 8.35. The standard InChI is InChI=1S/C23H27ClN2O/c24-19-5-1-4-18(14-19)17-10-12-26(13-11-17)22-8-2-6-20(15-22)25-21-7-3-9-23(27)16-21/h1-2,4-6,8,14-15,17,21,25H,3,7,9-13,16H2. The van der Waals surface area contributed by atoms with Crippen molar-refractivity contribution in [1.82, 2.24) is 0 Å². The van der Waals surface area contributed by atoms with E-state index in [-0.39, 0.29) is 6.04 Å². The molecular formula is C23H27ClN2O. The van der Waals surface area contributed by atoms with Gasteiger partial charge in [-0.05, 0) is 67.5 Å². The second-order valence-corrected chi connectivity index (χ2v) is 8.28. The van der Waals surface area contributed by atoms with E-state index in [2.05, 4.69) is 52.7 Å². The number of hydrogen-bond donors (Lipinski definition) is 1. The van der Waals surface area contributed by atoms with E-state index >= 15 is 0 Å². The van der Waals surface area contributed by atoms with Crippen LogP contribution in [-0.4, -0.2) is 24.9 Å². The molecule has 0 amide bonds. The SMILES string of the molecule is O=C1CCCC(Nc2cccc(N3CCC(c4cccc(Cl)c4)CC3)c2)C1. The third-order valence-electron chi connectivity index (χ3n) is 5.88. The number of Topliss-reactive ketones (excluding diaryl/α,β-unsaturated/α-hetero) is 1. The molecule has 1 saturated heterocycles. The first kappa shape index (κ1) is 18.4. The van der Waals surface area contributed by atoms with Crippen LogP contribution in [0.4, 0.5) is 11.4 Å². The van der Waals surface area contributed by atoms with Crippen molar-refractivity contribution in [2.24, 2.45) is 0 Å². The Labute approximate surface area is 166 Å². The predicted octanol–water partition coefficient (Wildman–Crippen LogP) is 5.65. The molecule has 27 heavy (non-hydrogen) atoms. The number of piperidine rings is 1. The molecule has 0 spiro atoms. The molecule has 2 aromatic carbocycles. The smallest absolute Gasteiger partial charge is 0.134 e. The van der Waals surface area contributed by atoms with Crippen LogP contribution in [0.1, 0.15) is 50.0 Å². The summed E-state index contributed by atoms with van der Waals surface area (Å²) in [4.78, 5) is 14.2. The van der Waals surface area contributed by atoms with Crippen LogP contribution in [-0.2, 0) is 4.79 Å². The maximum absolute atomic E-state index is 11.7. The van der Waals surface area contributed by atoms with E-state index in [0.29, 0.717) is 18.1 Å². The van der Waals surface area contributed by atoms with Crippen molar-refractivity contribution in [3.63, 3.8) is 0 Å². The number of benzene rings is 2. The van der Waals surface area contributed by atoms with E-state index in [1.807, 2.05) is 6.07 Å². The number of halogens is 1. The Kier molecular flexibility index (Phi) is 5.68. The molecule has 1 saturated carbocycles. The molecule has 1 heterocycles. The Hall–Kier alpha value is -2.00. The van der Waals surface area contributed by atoms with Gasteiger partial charge in [-0.1, -0.05) is 29.8 Å². The van der Waals surface area contributed by atoms with Gasteiger partial charge in [-0.2, -0.15) is 0 Å². The minimum Gasteiger partial charge on any atom is -0.382 e. The average Bonchev–Trinajstić information content (AvgIpc) is 2.68. The lowest BCUT2D eigenvalue weighted by molar-refractivity contribution is -0.120. The molecule has 1 aliphatic heterocycles. The molecule has 142 valence electrons. The summed E-state index contributed by atoms with van der Waals surface area (Å²) in [6.07, 6.45) is 5.80. The lowest BCUT2D eigenvalue weighted by atomic mass is 9.89. The second-order valence-electron chi connectivity index (χ2n) is 7.84. The molecule has 2 fully saturated rings. The van der Waals surface area contributed by atoms with Gasteiger partial charge in [0.25, 0.3) is 0 Å². The van der Waals surface area contributed by atoms with Gasteiger partial charge in [0.1, 0.15) is 5.78 Å². The van der Waals surface area contributed by atoms with E-state index in [1.165, 1.54) is 11.3 Å². The number of nitrogens with zero attached hydrogens (tertiary/aromatic N) is 1. The molecule has 4 heteroatoms. The van der Waals surface area contributed by atoms with Crippen molar-refractivity contribution < 1.29 is 4.79 Å². The molecule has 0 aromatic heterocycles. The third kappa shape index (κ3) is 4.65. The average molecular weight is 383 g/mol. The van der Waals surface area contributed by atoms with Crippen LogP contribution in [0.25, 0.3) is 0 Å². The van der Waals surface area contributed by atoms with Gasteiger partial charge >= 0.3 is 0 Å². The molecule has 1 atom stereocenters. The fourth-order valence-corrected chi connectivity index (χ4v) is 4.61. The van der Waals surface area contributed by atoms with E-state index in [0.717, 1.165) is 55.9 Å². The Bertz CT molecular complexity index is 798. The Balaban J connectivity index is 1.37. The highest BCUT2D eigenvalue weighted by Gasteiger charge is 2.22. The molecule has 2 aromatic rings. The monoisotopic (exact) mass is 382 g/mol. The van der Waals surface area contributed by atoms with Crippen LogP contribution in [0.5, 0.6) is 0 Å². The van der Waals surface area contributed by atoms with Crippen LogP contribution < -0.4 is 10.2 Å². The summed E-state index contributed by atoms with van der Waals surface area (Å²) in [5, 5.41) is 4.40. The van der Waals surface area contributed by atoms with Crippen molar-refractivity contribution in [1.29, 1.82) is 0 Å². The van der Waals surface area contributed by atoms with E-state index in [1.54, 1.807) is 0 Å². The molecular weight excluding hydrogens is 356 g/mol. The molecule has 4 rings (SSSR count). The lowest BCUT2D eigenvalue weighted by Crippen LogP contribution is -2.33. The maximum Gasteiger partial charge on any atom is 0.134 e. The first-order valence-electron chi connectivity index (χ1n) is 10.1. The highest BCUT2D eigenvalue weighted by molar-refractivity contribution is 6.30. The van der Waals surface area contributed by atoms with Gasteiger partial charge in [-0.3, -0.25) is 4.79 Å². The van der Waals surface area contributed by atoms with Crippen LogP contribution in [0.15, 0.2) is 48.5 Å². The summed E-state index contributed by atoms with van der Waals surface area (Å²) in [7, 11) is 0. The number of carbonyl (C=O) groups is 1. The summed E-state index contributed by atoms with van der Waals surface area (Å²) >= 11 is 6.16. The number of ketones is 1. The largest absolute Gasteiger partial charge is 0.382 e. The van der Waals surface area contributed by atoms with Crippen molar-refractivity contribution in [3.8, 4) is 0 Å². The number of rotatable bonds is 4. The molecule has 1 N–H and O–H groups in total. The van der Waals surface area contributed by atoms with Gasteiger partial charge in [0.15, 0.2) is 0 Å². The Morgan fingerprint density at radius 3 is 2.59 bits per heavy atom. The molecule has 1 aliphatic carbocycles. The van der Waals surface area contributed by atoms with Crippen LogP contribution in [0.2, 0.25) is 5.02 Å². The maximum atomic E-state index is 11.7. The number of nitrogens with one attached hydrogen (secondary N) is 1. The zero-order valence-corrected chi connectivity index (χ0v) is 16.4. The Morgan fingerprint density at radius 1 is 1.00 bits per heavy atom. The number of carbonyl (C=O) groups excluding carboxylic acids is 1. The summed E-state index contributed by atoms with van der Waals surface area (Å²) in [5.41, 5.74) is 3.76. The minimum atomic E-state index is 0.287. The minimum absolute atomic E-state index is 0.287. The third-order valence-corrected chi connectivity index (χ3v) is 6.11. The van der Waals surface area contributed by atoms with Crippen molar-refractivity contribution in [2.75, 3.05) is 23.3 Å². The van der Waals surface area contributed by atoms with Gasteiger partial charge in [-0.25, -0.2) is 0 Å². The molecule has 0 bridgehead atoms. The first-order chi connectivity index (χ1) is 13.2. The van der Waals surface area contributed by atoms with E-state index < -0.39 is 0 Å². The molecule has 0 radical (unpaired) electrons. The van der Waals surface area contributed by atoms with Gasteiger partial charge < -0.3 is 10.2 Å². The van der Waals surface area contributed by atoms with Gasteiger partial charge in [0.2, 0.25) is 0 Å². The molecule has 1 unspecified atom stereocenters. The quantitative estimate of drug-likeness (QED) is 0.741. The molecule has 3 nitrogen and oxygen atoms in total. The van der Waals surface area contributed by atoms with Gasteiger partial charge in [-0.15, -0.1) is 0 Å². The summed E-state index contributed by atoms with van der Waals surface area (Å²) in [5.74, 6) is 0.979. The topological polar surface area (TPSA) is 32.3 Å². The van der Waals surface area contributed by atoms with Crippen molar-refractivity contribution in [3.05, 3.63) is 59.1 Å². The summed E-state index contributed by atoms with van der Waals surface area (Å²) < 4.78 is 0. The highest BCUT2D eigenvalue weighted by Crippen LogP contribution is 2.32. The first-order valence-corrected chi connectivity index (χ1v) is 10.4. The fraction of sp³-hybridized carbons (Fsp3) is 0.435. The van der Waals surface area contributed by atoms with Crippen molar-refractivity contribution >= 4 is 28.8 Å². The van der Waals surface area contributed by atoms with Crippen LogP contribution >= 0.6 is 11.6 Å². The normalized spacial score (nSPS) is 21.3. The fourth-order valence-electron chi connectivity index (χ4n) is 4.41. The van der Waals surface area contributed by atoms with E-state index in [9.17, 15) is 4.79 Å². The Morgan fingerprint density at radius 2 is 1.81 bits per heavy atom. The summed E-state index contributed by atoms with van der Waals surface area (Å²) in [6, 6.07) is 17.2. The lowest BCUT2D eigenvalue weighted by Gasteiger charge is -2.34. The predicted molar refractivity (Wildman–Crippen MR) is 113 cm³/mol. The van der Waals surface area contributed by atoms with Gasteiger partial charge in [0.05, 0.1) is 0 Å². The highest BCUT2D eigenvalue weighted by atomic mass is 35.5. The zero-order valence-electron chi connectivity index (χ0n) is 15.7. The summed E-state index contributed by atoms with van der Waals surface area (Å²) in [6.45, 7) is 2.12. The number of anilines is 2. The zero-order chi connectivity index (χ0) is 18.6. The van der Waals surface area contributed by atoms with E-state index in [4.69, 9.17) is 11.6 Å². The van der Waals surface area contributed by atoms with Crippen molar-refractivity contribution in [2.45, 2.75) is 50.5 Å².